The van der Waals surface area contributed by atoms with Gasteiger partial charge in [0.2, 0.25) is 5.91 Å². The monoisotopic (exact) mass is 212 g/mol. The molecule has 1 heterocycles. The van der Waals surface area contributed by atoms with Gasteiger partial charge < -0.3 is 10.4 Å². The molecule has 0 bridgehead atoms. The van der Waals surface area contributed by atoms with Crippen LogP contribution in [0, 0.1) is 0 Å². The molecule has 1 rings (SSSR count). The summed E-state index contributed by atoms with van der Waals surface area (Å²) in [6.45, 7) is 3.75. The zero-order valence-electron chi connectivity index (χ0n) is 8.97. The number of amides is 1. The van der Waals surface area contributed by atoms with Gasteiger partial charge in [-0.15, -0.1) is 0 Å². The lowest BCUT2D eigenvalue weighted by Crippen LogP contribution is -2.49. The van der Waals surface area contributed by atoms with Gasteiger partial charge in [0.1, 0.15) is 19.2 Å². The molecule has 0 aliphatic heterocycles. The van der Waals surface area contributed by atoms with E-state index in [1.165, 1.54) is 17.3 Å². The molecule has 1 aromatic rings. The Morgan fingerprint density at radius 2 is 2.40 bits per heavy atom. The third-order valence-corrected chi connectivity index (χ3v) is 2.34. The van der Waals surface area contributed by atoms with E-state index >= 15 is 0 Å². The maximum absolute atomic E-state index is 11.5. The Hall–Kier alpha value is -1.43. The smallest absolute Gasteiger partial charge is 0.242 e. The van der Waals surface area contributed by atoms with Crippen LogP contribution in [-0.4, -0.2) is 37.9 Å². The van der Waals surface area contributed by atoms with Crippen molar-refractivity contribution in [3.63, 3.8) is 0 Å². The largest absolute Gasteiger partial charge is 0.394 e. The molecule has 0 aromatic carbocycles. The van der Waals surface area contributed by atoms with Crippen LogP contribution in [0.3, 0.4) is 0 Å². The van der Waals surface area contributed by atoms with Crippen LogP contribution < -0.4 is 5.32 Å². The van der Waals surface area contributed by atoms with Crippen LogP contribution in [-0.2, 0) is 11.3 Å². The summed E-state index contributed by atoms with van der Waals surface area (Å²) in [5, 5.41) is 15.7. The highest BCUT2D eigenvalue weighted by Gasteiger charge is 2.23. The van der Waals surface area contributed by atoms with Crippen LogP contribution in [0.4, 0.5) is 0 Å². The Kier molecular flexibility index (Phi) is 3.79. The van der Waals surface area contributed by atoms with Gasteiger partial charge in [-0.25, -0.2) is 9.67 Å². The van der Waals surface area contributed by atoms with Crippen LogP contribution in [0.15, 0.2) is 12.7 Å². The van der Waals surface area contributed by atoms with E-state index in [1.807, 2.05) is 6.92 Å². The highest BCUT2D eigenvalue weighted by atomic mass is 16.3. The SMILES string of the molecule is CCC(C)(CO)NC(=O)Cn1cncn1. The molecule has 1 aromatic heterocycles. The van der Waals surface area contributed by atoms with E-state index in [0.29, 0.717) is 6.42 Å². The highest BCUT2D eigenvalue weighted by molar-refractivity contribution is 5.76. The van der Waals surface area contributed by atoms with Gasteiger partial charge in [0, 0.05) is 0 Å². The van der Waals surface area contributed by atoms with Gasteiger partial charge in [0.25, 0.3) is 0 Å². The number of carbonyl (C=O) groups is 1. The fraction of sp³-hybridized carbons (Fsp3) is 0.667. The maximum Gasteiger partial charge on any atom is 0.242 e. The normalized spacial score (nSPS) is 14.6. The molecule has 2 N–H and O–H groups in total. The lowest BCUT2D eigenvalue weighted by molar-refractivity contribution is -0.124. The number of carbonyl (C=O) groups excluding carboxylic acids is 1. The van der Waals surface area contributed by atoms with Crippen molar-refractivity contribution in [1.29, 1.82) is 0 Å². The molecule has 6 nitrogen and oxygen atoms in total. The first-order valence-corrected chi connectivity index (χ1v) is 4.84. The first-order valence-electron chi connectivity index (χ1n) is 4.84. The first-order chi connectivity index (χ1) is 7.09. The summed E-state index contributed by atoms with van der Waals surface area (Å²) in [7, 11) is 0. The number of nitrogens with zero attached hydrogens (tertiary/aromatic N) is 3. The first kappa shape index (κ1) is 11.6. The fourth-order valence-corrected chi connectivity index (χ4v) is 1.08. The van der Waals surface area contributed by atoms with Crippen molar-refractivity contribution in [2.24, 2.45) is 0 Å². The van der Waals surface area contributed by atoms with Gasteiger partial charge >= 0.3 is 0 Å². The van der Waals surface area contributed by atoms with Gasteiger partial charge in [-0.2, -0.15) is 5.10 Å². The third-order valence-electron chi connectivity index (χ3n) is 2.34. The number of hydrogen-bond donors (Lipinski definition) is 2. The van der Waals surface area contributed by atoms with Crippen molar-refractivity contribution in [2.45, 2.75) is 32.4 Å². The Balaban J connectivity index is 2.49. The molecular weight excluding hydrogens is 196 g/mol. The summed E-state index contributed by atoms with van der Waals surface area (Å²) in [5.74, 6) is -0.182. The van der Waals surface area contributed by atoms with Crippen molar-refractivity contribution < 1.29 is 9.90 Å². The fourth-order valence-electron chi connectivity index (χ4n) is 1.08. The molecule has 0 radical (unpaired) electrons. The molecule has 0 saturated heterocycles. The minimum Gasteiger partial charge on any atom is -0.394 e. The van der Waals surface area contributed by atoms with Crippen molar-refractivity contribution in [2.75, 3.05) is 6.61 Å². The van der Waals surface area contributed by atoms with E-state index in [4.69, 9.17) is 5.11 Å². The Labute approximate surface area is 88.3 Å². The maximum atomic E-state index is 11.5. The molecule has 0 saturated carbocycles. The van der Waals surface area contributed by atoms with Crippen LogP contribution in [0.2, 0.25) is 0 Å². The Morgan fingerprint density at radius 1 is 1.67 bits per heavy atom. The number of aliphatic hydroxyl groups is 1. The highest BCUT2D eigenvalue weighted by Crippen LogP contribution is 2.07. The van der Waals surface area contributed by atoms with Gasteiger partial charge in [-0.1, -0.05) is 6.92 Å². The van der Waals surface area contributed by atoms with E-state index in [0.717, 1.165) is 0 Å². The molecule has 1 amide bonds. The second kappa shape index (κ2) is 4.88. The van der Waals surface area contributed by atoms with Gasteiger partial charge in [-0.05, 0) is 13.3 Å². The molecule has 0 aliphatic carbocycles. The van der Waals surface area contributed by atoms with Crippen LogP contribution >= 0.6 is 0 Å². The number of nitrogens with one attached hydrogen (secondary N) is 1. The summed E-state index contributed by atoms with van der Waals surface area (Å²) in [5.41, 5.74) is -0.558. The van der Waals surface area contributed by atoms with Crippen LogP contribution in [0.25, 0.3) is 0 Å². The summed E-state index contributed by atoms with van der Waals surface area (Å²) >= 11 is 0. The number of hydrogen-bond acceptors (Lipinski definition) is 4. The lowest BCUT2D eigenvalue weighted by atomic mass is 10.0. The van der Waals surface area contributed by atoms with Gasteiger partial charge in [0.05, 0.1) is 12.1 Å². The zero-order chi connectivity index (χ0) is 11.3. The summed E-state index contributed by atoms with van der Waals surface area (Å²) in [4.78, 5) is 15.3. The average Bonchev–Trinajstić information content (AvgIpc) is 2.70. The molecule has 84 valence electrons. The molecule has 0 aliphatic rings. The van der Waals surface area contributed by atoms with Crippen molar-refractivity contribution in [1.82, 2.24) is 20.1 Å². The predicted molar refractivity (Wildman–Crippen MR) is 53.9 cm³/mol. The molecule has 1 unspecified atom stereocenters. The molecule has 1 atom stereocenters. The van der Waals surface area contributed by atoms with Crippen molar-refractivity contribution in [3.8, 4) is 0 Å². The number of aromatic nitrogens is 3. The minimum atomic E-state index is -0.558. The van der Waals surface area contributed by atoms with Crippen LogP contribution in [0.5, 0.6) is 0 Å². The van der Waals surface area contributed by atoms with Gasteiger partial charge in [0.15, 0.2) is 0 Å². The molecule has 6 heteroatoms. The van der Waals surface area contributed by atoms with E-state index < -0.39 is 5.54 Å². The van der Waals surface area contributed by atoms with E-state index in [2.05, 4.69) is 15.4 Å². The number of aliphatic hydroxyl groups excluding tert-OH is 1. The summed E-state index contributed by atoms with van der Waals surface area (Å²) in [6.07, 6.45) is 3.52. The Morgan fingerprint density at radius 3 is 2.87 bits per heavy atom. The summed E-state index contributed by atoms with van der Waals surface area (Å²) in [6, 6.07) is 0. The number of rotatable bonds is 5. The van der Waals surface area contributed by atoms with E-state index in [1.54, 1.807) is 6.92 Å². The molecule has 15 heavy (non-hydrogen) atoms. The van der Waals surface area contributed by atoms with Crippen molar-refractivity contribution in [3.05, 3.63) is 12.7 Å². The topological polar surface area (TPSA) is 80.0 Å². The van der Waals surface area contributed by atoms with E-state index in [9.17, 15) is 4.79 Å². The second-order valence-electron chi connectivity index (χ2n) is 3.71. The standard InChI is InChI=1S/C9H16N4O2/c1-3-9(2,5-14)12-8(15)4-13-7-10-6-11-13/h6-7,14H,3-5H2,1-2H3,(H,12,15). The predicted octanol–water partition coefficient (Wildman–Crippen LogP) is -0.445. The minimum absolute atomic E-state index is 0.0768. The summed E-state index contributed by atoms with van der Waals surface area (Å²) < 4.78 is 1.43. The van der Waals surface area contributed by atoms with E-state index in [-0.39, 0.29) is 19.1 Å². The lowest BCUT2D eigenvalue weighted by Gasteiger charge is -2.27. The Bertz CT molecular complexity index is 306. The average molecular weight is 212 g/mol. The molecule has 0 fully saturated rings. The van der Waals surface area contributed by atoms with Crippen molar-refractivity contribution >= 4 is 5.91 Å². The van der Waals surface area contributed by atoms with Crippen LogP contribution in [0.1, 0.15) is 20.3 Å². The van der Waals surface area contributed by atoms with Gasteiger partial charge in [-0.3, -0.25) is 4.79 Å². The molecular formula is C9H16N4O2. The zero-order valence-corrected chi connectivity index (χ0v) is 8.97. The molecule has 0 spiro atoms. The second-order valence-corrected chi connectivity index (χ2v) is 3.71. The quantitative estimate of drug-likeness (QED) is 0.693. The third kappa shape index (κ3) is 3.32.